The molecular weight excluding hydrogens is 208 g/mol. The van der Waals surface area contributed by atoms with E-state index >= 15 is 0 Å². The molecular formula is C8H14O5S. The van der Waals surface area contributed by atoms with Crippen molar-refractivity contribution in [2.45, 2.75) is 13.0 Å². The maximum absolute atomic E-state index is 11.2. The van der Waals surface area contributed by atoms with Gasteiger partial charge in [-0.2, -0.15) is 12.6 Å². The summed E-state index contributed by atoms with van der Waals surface area (Å²) in [4.78, 5) is 21.7. The standard InChI is InChI=1S/C8H14O5S/c1-5(3-12-2)13-8(11)6(4-14)7(9)10/h5-6,14H,3-4H2,1-2H3,(H,9,10). The molecule has 1 N–H and O–H groups in total. The highest BCUT2D eigenvalue weighted by Crippen LogP contribution is 2.05. The number of esters is 1. The normalized spacial score (nSPS) is 14.5. The summed E-state index contributed by atoms with van der Waals surface area (Å²) in [5.41, 5.74) is 0. The lowest BCUT2D eigenvalue weighted by Crippen LogP contribution is -2.31. The van der Waals surface area contributed by atoms with Crippen molar-refractivity contribution in [2.75, 3.05) is 19.5 Å². The molecule has 0 spiro atoms. The predicted octanol–water partition coefficient (Wildman–Crippen LogP) is 0.195. The fourth-order valence-electron chi connectivity index (χ4n) is 0.803. The zero-order valence-electron chi connectivity index (χ0n) is 8.10. The van der Waals surface area contributed by atoms with Crippen LogP contribution in [0.25, 0.3) is 0 Å². The second kappa shape index (κ2) is 6.67. The van der Waals surface area contributed by atoms with E-state index in [1.165, 1.54) is 7.11 Å². The lowest BCUT2D eigenvalue weighted by molar-refractivity contribution is -0.162. The van der Waals surface area contributed by atoms with Gasteiger partial charge in [0, 0.05) is 12.9 Å². The quantitative estimate of drug-likeness (QED) is 0.381. The third-order valence-electron chi connectivity index (χ3n) is 1.48. The van der Waals surface area contributed by atoms with Crippen LogP contribution in [0.5, 0.6) is 0 Å². The second-order valence-electron chi connectivity index (χ2n) is 2.78. The first-order valence-corrected chi connectivity index (χ1v) is 4.69. The van der Waals surface area contributed by atoms with Crippen LogP contribution in [-0.2, 0) is 19.1 Å². The Morgan fingerprint density at radius 1 is 1.50 bits per heavy atom. The van der Waals surface area contributed by atoms with Crippen LogP contribution in [-0.4, -0.2) is 42.6 Å². The van der Waals surface area contributed by atoms with Gasteiger partial charge in [0.1, 0.15) is 6.10 Å². The van der Waals surface area contributed by atoms with Gasteiger partial charge in [-0.05, 0) is 6.92 Å². The molecule has 82 valence electrons. The van der Waals surface area contributed by atoms with Crippen LogP contribution in [0.2, 0.25) is 0 Å². The van der Waals surface area contributed by atoms with Gasteiger partial charge in [-0.1, -0.05) is 0 Å². The smallest absolute Gasteiger partial charge is 0.321 e. The summed E-state index contributed by atoms with van der Waals surface area (Å²) >= 11 is 3.76. The first-order chi connectivity index (χ1) is 6.52. The molecule has 0 heterocycles. The van der Waals surface area contributed by atoms with Gasteiger partial charge in [0.15, 0.2) is 5.92 Å². The first-order valence-electron chi connectivity index (χ1n) is 4.06. The Bertz CT molecular complexity index is 206. The van der Waals surface area contributed by atoms with Gasteiger partial charge in [0.05, 0.1) is 6.61 Å². The van der Waals surface area contributed by atoms with E-state index in [4.69, 9.17) is 14.6 Å². The Morgan fingerprint density at radius 3 is 2.43 bits per heavy atom. The Morgan fingerprint density at radius 2 is 2.07 bits per heavy atom. The van der Waals surface area contributed by atoms with E-state index in [1.54, 1.807) is 6.92 Å². The third kappa shape index (κ3) is 4.48. The summed E-state index contributed by atoms with van der Waals surface area (Å²) in [6.07, 6.45) is -0.450. The van der Waals surface area contributed by atoms with Crippen LogP contribution in [0, 0.1) is 5.92 Å². The summed E-state index contributed by atoms with van der Waals surface area (Å²) in [7, 11) is 1.47. The van der Waals surface area contributed by atoms with Gasteiger partial charge in [0.2, 0.25) is 0 Å². The predicted molar refractivity (Wildman–Crippen MR) is 52.4 cm³/mol. The number of carboxylic acid groups (broad SMARTS) is 1. The average molecular weight is 222 g/mol. The monoisotopic (exact) mass is 222 g/mol. The molecule has 0 bridgehead atoms. The number of carbonyl (C=O) groups is 2. The lowest BCUT2D eigenvalue weighted by atomic mass is 10.2. The second-order valence-corrected chi connectivity index (χ2v) is 3.14. The minimum Gasteiger partial charge on any atom is -0.481 e. The molecule has 0 aromatic heterocycles. The topological polar surface area (TPSA) is 72.8 Å². The van der Waals surface area contributed by atoms with Crippen LogP contribution in [0.3, 0.4) is 0 Å². The molecule has 0 aliphatic rings. The highest BCUT2D eigenvalue weighted by atomic mass is 32.1. The number of hydrogen-bond acceptors (Lipinski definition) is 5. The molecule has 14 heavy (non-hydrogen) atoms. The largest absolute Gasteiger partial charge is 0.481 e. The van der Waals surface area contributed by atoms with Crippen molar-refractivity contribution >= 4 is 24.6 Å². The number of carbonyl (C=O) groups excluding carboxylic acids is 1. The Hall–Kier alpha value is -0.750. The van der Waals surface area contributed by atoms with Crippen molar-refractivity contribution in [3.63, 3.8) is 0 Å². The molecule has 0 amide bonds. The third-order valence-corrected chi connectivity index (χ3v) is 1.85. The molecule has 0 saturated carbocycles. The molecule has 0 aliphatic carbocycles. The van der Waals surface area contributed by atoms with Gasteiger partial charge in [-0.3, -0.25) is 9.59 Å². The van der Waals surface area contributed by atoms with E-state index in [-0.39, 0.29) is 12.4 Å². The molecule has 0 aromatic rings. The van der Waals surface area contributed by atoms with Crippen molar-refractivity contribution in [3.05, 3.63) is 0 Å². The maximum atomic E-state index is 11.2. The van der Waals surface area contributed by atoms with E-state index in [2.05, 4.69) is 12.6 Å². The van der Waals surface area contributed by atoms with Gasteiger partial charge >= 0.3 is 11.9 Å². The molecule has 0 aliphatic heterocycles. The number of carboxylic acids is 1. The molecule has 0 saturated heterocycles. The van der Waals surface area contributed by atoms with Gasteiger partial charge < -0.3 is 14.6 Å². The molecule has 2 unspecified atom stereocenters. The van der Waals surface area contributed by atoms with Crippen LogP contribution in [0.1, 0.15) is 6.92 Å². The molecule has 0 fully saturated rings. The average Bonchev–Trinajstić information content (AvgIpc) is 2.04. The molecule has 5 nitrogen and oxygen atoms in total. The minimum atomic E-state index is -1.23. The number of aliphatic carboxylic acids is 1. The summed E-state index contributed by atoms with van der Waals surface area (Å²) in [5, 5.41) is 8.61. The van der Waals surface area contributed by atoms with Gasteiger partial charge in [-0.15, -0.1) is 0 Å². The van der Waals surface area contributed by atoms with Crippen molar-refractivity contribution in [3.8, 4) is 0 Å². The van der Waals surface area contributed by atoms with Crippen LogP contribution < -0.4 is 0 Å². The first kappa shape index (κ1) is 13.2. The van der Waals surface area contributed by atoms with Crippen molar-refractivity contribution in [1.29, 1.82) is 0 Å². The highest BCUT2D eigenvalue weighted by Gasteiger charge is 2.27. The van der Waals surface area contributed by atoms with E-state index < -0.39 is 24.0 Å². The van der Waals surface area contributed by atoms with E-state index in [1.807, 2.05) is 0 Å². The molecule has 6 heteroatoms. The number of thiol groups is 1. The Balaban J connectivity index is 4.10. The van der Waals surface area contributed by atoms with Crippen molar-refractivity contribution in [2.24, 2.45) is 5.92 Å². The summed E-state index contributed by atoms with van der Waals surface area (Å²) in [6, 6.07) is 0. The lowest BCUT2D eigenvalue weighted by Gasteiger charge is -2.14. The minimum absolute atomic E-state index is 0.0755. The highest BCUT2D eigenvalue weighted by molar-refractivity contribution is 7.80. The Kier molecular flexibility index (Phi) is 6.31. The zero-order chi connectivity index (χ0) is 11.1. The van der Waals surface area contributed by atoms with Crippen molar-refractivity contribution < 1.29 is 24.2 Å². The van der Waals surface area contributed by atoms with Crippen LogP contribution in [0.4, 0.5) is 0 Å². The number of hydrogen-bond donors (Lipinski definition) is 2. The summed E-state index contributed by atoms with van der Waals surface area (Å²) in [5.74, 6) is -3.29. The molecule has 0 radical (unpaired) electrons. The van der Waals surface area contributed by atoms with Gasteiger partial charge in [-0.25, -0.2) is 0 Å². The molecule has 0 rings (SSSR count). The number of ether oxygens (including phenoxy) is 2. The molecule has 2 atom stereocenters. The zero-order valence-corrected chi connectivity index (χ0v) is 8.99. The van der Waals surface area contributed by atoms with E-state index in [0.29, 0.717) is 0 Å². The fraction of sp³-hybridized carbons (Fsp3) is 0.750. The summed E-state index contributed by atoms with van der Waals surface area (Å²) < 4.78 is 9.55. The van der Waals surface area contributed by atoms with E-state index in [0.717, 1.165) is 0 Å². The fourth-order valence-corrected chi connectivity index (χ4v) is 1.11. The van der Waals surface area contributed by atoms with Crippen molar-refractivity contribution in [1.82, 2.24) is 0 Å². The van der Waals surface area contributed by atoms with Crippen LogP contribution >= 0.6 is 12.6 Å². The van der Waals surface area contributed by atoms with Gasteiger partial charge in [0.25, 0.3) is 0 Å². The molecule has 0 aromatic carbocycles. The summed E-state index contributed by atoms with van der Waals surface area (Å²) in [6.45, 7) is 1.86. The van der Waals surface area contributed by atoms with Crippen LogP contribution in [0.15, 0.2) is 0 Å². The van der Waals surface area contributed by atoms with E-state index in [9.17, 15) is 9.59 Å². The number of methoxy groups -OCH3 is 1. The number of rotatable bonds is 6. The maximum Gasteiger partial charge on any atom is 0.321 e. The SMILES string of the molecule is COCC(C)OC(=O)C(CS)C(=O)O. The Labute approximate surface area is 87.8 Å².